The van der Waals surface area contributed by atoms with Gasteiger partial charge in [0.15, 0.2) is 0 Å². The Bertz CT molecular complexity index is 918. The Kier molecular flexibility index (Phi) is 4.64. The molecule has 2 unspecified atom stereocenters. The summed E-state index contributed by atoms with van der Waals surface area (Å²) < 4.78 is 27.3. The molecule has 4 saturated carbocycles. The number of amides is 1. The fourth-order valence-corrected chi connectivity index (χ4v) is 9.58. The van der Waals surface area contributed by atoms with E-state index in [1.807, 2.05) is 35.2 Å². The van der Waals surface area contributed by atoms with E-state index in [1.54, 1.807) is 4.31 Å². The van der Waals surface area contributed by atoms with Gasteiger partial charge in [-0.25, -0.2) is 8.42 Å². The third-order valence-electron chi connectivity index (χ3n) is 8.19. The minimum absolute atomic E-state index is 0.0319. The van der Waals surface area contributed by atoms with Gasteiger partial charge in [0.2, 0.25) is 15.9 Å². The van der Waals surface area contributed by atoms with Crippen LogP contribution in [-0.4, -0.2) is 49.7 Å². The van der Waals surface area contributed by atoms with E-state index >= 15 is 0 Å². The van der Waals surface area contributed by atoms with Gasteiger partial charge in [-0.2, -0.15) is 4.31 Å². The summed E-state index contributed by atoms with van der Waals surface area (Å²) in [5.41, 5.74) is 1.23. The number of benzene rings is 1. The Labute approximate surface area is 180 Å². The monoisotopic (exact) mass is 430 g/mol. The molecule has 0 aromatic heterocycles. The molecule has 164 valence electrons. The SMILES string of the molecule is CC12CC3CC(C)(C1)CC(C(=O)N1CCN(S(=O)(=O)Cc4ccccc4)CC1)(C3)C2. The van der Waals surface area contributed by atoms with Crippen molar-refractivity contribution >= 4 is 15.9 Å². The quantitative estimate of drug-likeness (QED) is 0.733. The highest BCUT2D eigenvalue weighted by atomic mass is 32.2. The number of carbonyl (C=O) groups is 1. The zero-order chi connectivity index (χ0) is 21.2. The van der Waals surface area contributed by atoms with Gasteiger partial charge >= 0.3 is 0 Å². The summed E-state index contributed by atoms with van der Waals surface area (Å²) >= 11 is 0. The smallest absolute Gasteiger partial charge is 0.228 e. The van der Waals surface area contributed by atoms with Crippen LogP contribution in [0.3, 0.4) is 0 Å². The molecule has 4 aliphatic carbocycles. The van der Waals surface area contributed by atoms with Crippen LogP contribution in [0.5, 0.6) is 0 Å². The van der Waals surface area contributed by atoms with Crippen molar-refractivity contribution in [3.8, 4) is 0 Å². The molecule has 0 spiro atoms. The van der Waals surface area contributed by atoms with Crippen molar-refractivity contribution in [1.29, 1.82) is 0 Å². The maximum Gasteiger partial charge on any atom is 0.228 e. The second kappa shape index (κ2) is 6.80. The predicted octanol–water partition coefficient (Wildman–Crippen LogP) is 3.66. The van der Waals surface area contributed by atoms with Crippen LogP contribution in [0, 0.1) is 22.2 Å². The van der Waals surface area contributed by atoms with Crippen molar-refractivity contribution in [2.75, 3.05) is 26.2 Å². The van der Waals surface area contributed by atoms with Gasteiger partial charge in [-0.05, 0) is 60.8 Å². The Hall–Kier alpha value is -1.40. The molecular weight excluding hydrogens is 396 g/mol. The lowest BCUT2D eigenvalue weighted by molar-refractivity contribution is -0.180. The van der Waals surface area contributed by atoms with Gasteiger partial charge in [0.1, 0.15) is 0 Å². The predicted molar refractivity (Wildman–Crippen MR) is 117 cm³/mol. The molecule has 1 saturated heterocycles. The Balaban J connectivity index is 1.26. The molecule has 5 nitrogen and oxygen atoms in total. The molecular formula is C24H34N2O3S. The minimum Gasteiger partial charge on any atom is -0.340 e. The number of hydrogen-bond acceptors (Lipinski definition) is 3. The highest BCUT2D eigenvalue weighted by Crippen LogP contribution is 2.69. The molecule has 0 radical (unpaired) electrons. The summed E-state index contributed by atoms with van der Waals surface area (Å²) in [6.07, 6.45) is 6.92. The van der Waals surface area contributed by atoms with Gasteiger partial charge in [-0.15, -0.1) is 0 Å². The number of nitrogens with zero attached hydrogens (tertiary/aromatic N) is 2. The second-order valence-corrected chi connectivity index (χ2v) is 13.3. The number of piperazine rings is 1. The maximum atomic E-state index is 13.7. The van der Waals surface area contributed by atoms with Crippen molar-refractivity contribution < 1.29 is 13.2 Å². The molecule has 2 atom stereocenters. The van der Waals surface area contributed by atoms with Crippen LogP contribution in [0.4, 0.5) is 0 Å². The first-order valence-electron chi connectivity index (χ1n) is 11.4. The summed E-state index contributed by atoms with van der Waals surface area (Å²) in [6, 6.07) is 9.34. The van der Waals surface area contributed by atoms with Crippen LogP contribution in [0.15, 0.2) is 30.3 Å². The normalized spacial score (nSPS) is 38.7. The van der Waals surface area contributed by atoms with Crippen molar-refractivity contribution in [3.05, 3.63) is 35.9 Å². The topological polar surface area (TPSA) is 57.7 Å². The van der Waals surface area contributed by atoms with Crippen LogP contribution in [0.25, 0.3) is 0 Å². The molecule has 5 fully saturated rings. The third-order valence-corrected chi connectivity index (χ3v) is 10.0. The highest BCUT2D eigenvalue weighted by molar-refractivity contribution is 7.88. The molecule has 6 heteroatoms. The Morgan fingerprint density at radius 1 is 0.933 bits per heavy atom. The molecule has 1 aliphatic heterocycles. The zero-order valence-corrected chi connectivity index (χ0v) is 19.1. The van der Waals surface area contributed by atoms with Gasteiger partial charge < -0.3 is 4.90 Å². The van der Waals surface area contributed by atoms with Crippen molar-refractivity contribution in [3.63, 3.8) is 0 Å². The Morgan fingerprint density at radius 3 is 2.10 bits per heavy atom. The summed E-state index contributed by atoms with van der Waals surface area (Å²) in [5, 5.41) is 0. The molecule has 1 heterocycles. The van der Waals surface area contributed by atoms with E-state index in [9.17, 15) is 13.2 Å². The highest BCUT2D eigenvalue weighted by Gasteiger charge is 2.63. The lowest BCUT2D eigenvalue weighted by Crippen LogP contribution is -2.62. The summed E-state index contributed by atoms with van der Waals surface area (Å²) in [6.45, 7) is 6.65. The number of sulfonamides is 1. The third kappa shape index (κ3) is 3.50. The van der Waals surface area contributed by atoms with Crippen molar-refractivity contribution in [2.24, 2.45) is 22.2 Å². The standard InChI is InChI=1S/C24H34N2O3S/c1-22-12-20-13-23(2,16-22)18-24(14-20,17-22)21(27)25-8-10-26(11-9-25)30(28,29)15-19-6-4-3-5-7-19/h3-7,20H,8-18H2,1-2H3. The van der Waals surface area contributed by atoms with Gasteiger partial charge in [-0.1, -0.05) is 44.2 Å². The summed E-state index contributed by atoms with van der Waals surface area (Å²) in [7, 11) is -3.35. The first kappa shape index (κ1) is 20.5. The largest absolute Gasteiger partial charge is 0.340 e. The van der Waals surface area contributed by atoms with Crippen LogP contribution >= 0.6 is 0 Å². The molecule has 4 bridgehead atoms. The van der Waals surface area contributed by atoms with Gasteiger partial charge in [0.05, 0.1) is 11.2 Å². The van der Waals surface area contributed by atoms with E-state index in [1.165, 1.54) is 19.3 Å². The first-order chi connectivity index (χ1) is 14.1. The average molecular weight is 431 g/mol. The van der Waals surface area contributed by atoms with Gasteiger partial charge in [0.25, 0.3) is 0 Å². The molecule has 30 heavy (non-hydrogen) atoms. The molecule has 1 amide bonds. The minimum atomic E-state index is -3.35. The van der Waals surface area contributed by atoms with Crippen molar-refractivity contribution in [1.82, 2.24) is 9.21 Å². The van der Waals surface area contributed by atoms with E-state index in [4.69, 9.17) is 0 Å². The molecule has 0 N–H and O–H groups in total. The fraction of sp³-hybridized carbons (Fsp3) is 0.708. The average Bonchev–Trinajstić information content (AvgIpc) is 2.65. The van der Waals surface area contributed by atoms with Crippen LogP contribution < -0.4 is 0 Å². The lowest BCUT2D eigenvalue weighted by atomic mass is 9.40. The second-order valence-electron chi connectivity index (χ2n) is 11.3. The number of rotatable bonds is 4. The zero-order valence-electron chi connectivity index (χ0n) is 18.3. The number of hydrogen-bond donors (Lipinski definition) is 0. The van der Waals surface area contributed by atoms with Gasteiger partial charge in [-0.3, -0.25) is 4.79 Å². The van der Waals surface area contributed by atoms with E-state index in [2.05, 4.69) is 13.8 Å². The van der Waals surface area contributed by atoms with Crippen LogP contribution in [-0.2, 0) is 20.6 Å². The van der Waals surface area contributed by atoms with Crippen LogP contribution in [0.2, 0.25) is 0 Å². The van der Waals surface area contributed by atoms with E-state index in [0.29, 0.717) is 48.8 Å². The molecule has 6 rings (SSSR count). The summed E-state index contributed by atoms with van der Waals surface area (Å²) in [4.78, 5) is 15.7. The van der Waals surface area contributed by atoms with E-state index in [-0.39, 0.29) is 11.2 Å². The van der Waals surface area contributed by atoms with Crippen molar-refractivity contribution in [2.45, 2.75) is 58.1 Å². The molecule has 5 aliphatic rings. The molecule has 1 aromatic carbocycles. The molecule has 1 aromatic rings. The maximum absolute atomic E-state index is 13.7. The first-order valence-corrected chi connectivity index (χ1v) is 13.0. The Morgan fingerprint density at radius 2 is 1.53 bits per heavy atom. The van der Waals surface area contributed by atoms with Crippen LogP contribution in [0.1, 0.15) is 57.9 Å². The number of carbonyl (C=O) groups excluding carboxylic acids is 1. The van der Waals surface area contributed by atoms with E-state index < -0.39 is 10.0 Å². The summed E-state index contributed by atoms with van der Waals surface area (Å²) in [5.74, 6) is 1.03. The van der Waals surface area contributed by atoms with Gasteiger partial charge in [0, 0.05) is 26.2 Å². The fourth-order valence-electron chi connectivity index (χ4n) is 8.07. The van der Waals surface area contributed by atoms with E-state index in [0.717, 1.165) is 24.8 Å². The lowest BCUT2D eigenvalue weighted by Gasteiger charge is -2.65.